The lowest BCUT2D eigenvalue weighted by Gasteiger charge is -2.19. The Morgan fingerprint density at radius 3 is 2.91 bits per heavy atom. The van der Waals surface area contributed by atoms with Gasteiger partial charge in [0.2, 0.25) is 5.91 Å². The largest absolute Gasteiger partial charge is 0.464 e. The molecule has 0 bridgehead atoms. The summed E-state index contributed by atoms with van der Waals surface area (Å²) in [6.45, 7) is 3.57. The van der Waals surface area contributed by atoms with E-state index >= 15 is 0 Å². The van der Waals surface area contributed by atoms with Gasteiger partial charge in [-0.3, -0.25) is 4.79 Å². The van der Waals surface area contributed by atoms with E-state index in [2.05, 4.69) is 17.4 Å². The van der Waals surface area contributed by atoms with Crippen LogP contribution in [0.15, 0.2) is 22.8 Å². The zero-order valence-electron chi connectivity index (χ0n) is 12.9. The lowest BCUT2D eigenvalue weighted by atomic mass is 10.0. The number of hydrogen-bond acceptors (Lipinski definition) is 3. The third kappa shape index (κ3) is 2.52. The SMILES string of the molecule is O=C(Cc1coc2cc3c(cc12)CCC3)N1CCCNCC1. The summed E-state index contributed by atoms with van der Waals surface area (Å²) >= 11 is 0. The molecule has 0 unspecified atom stereocenters. The number of carbonyl (C=O) groups is 1. The Balaban J connectivity index is 1.57. The maximum Gasteiger partial charge on any atom is 0.227 e. The number of rotatable bonds is 2. The van der Waals surface area contributed by atoms with Crippen LogP contribution in [0.25, 0.3) is 11.0 Å². The van der Waals surface area contributed by atoms with Crippen LogP contribution in [0.5, 0.6) is 0 Å². The van der Waals surface area contributed by atoms with Gasteiger partial charge >= 0.3 is 0 Å². The summed E-state index contributed by atoms with van der Waals surface area (Å²) in [5.74, 6) is 0.215. The van der Waals surface area contributed by atoms with Crippen LogP contribution in [0.2, 0.25) is 0 Å². The first-order valence-corrected chi connectivity index (χ1v) is 8.31. The fourth-order valence-electron chi connectivity index (χ4n) is 3.65. The molecular formula is C18H22N2O2. The van der Waals surface area contributed by atoms with Crippen molar-refractivity contribution < 1.29 is 9.21 Å². The van der Waals surface area contributed by atoms with Crippen molar-refractivity contribution in [2.24, 2.45) is 0 Å². The normalized spacial score (nSPS) is 18.5. The number of nitrogens with one attached hydrogen (secondary N) is 1. The zero-order chi connectivity index (χ0) is 14.9. The molecule has 1 aliphatic heterocycles. The highest BCUT2D eigenvalue weighted by atomic mass is 16.3. The van der Waals surface area contributed by atoms with E-state index in [4.69, 9.17) is 4.42 Å². The third-order valence-corrected chi connectivity index (χ3v) is 4.90. The molecule has 2 heterocycles. The van der Waals surface area contributed by atoms with Gasteiger partial charge in [-0.1, -0.05) is 0 Å². The Kier molecular flexibility index (Phi) is 3.62. The zero-order valence-corrected chi connectivity index (χ0v) is 12.9. The standard InChI is InChI=1S/C18H22N2O2/c21-18(20-7-2-5-19-6-8-20)11-15-12-22-17-10-14-4-1-3-13(14)9-16(15)17/h9-10,12,19H,1-8,11H2. The van der Waals surface area contributed by atoms with Crippen molar-refractivity contribution in [1.82, 2.24) is 10.2 Å². The number of furan rings is 1. The Labute approximate surface area is 130 Å². The predicted octanol–water partition coefficient (Wildman–Crippen LogP) is 2.29. The maximum absolute atomic E-state index is 12.6. The van der Waals surface area contributed by atoms with Gasteiger partial charge in [-0.15, -0.1) is 0 Å². The third-order valence-electron chi connectivity index (χ3n) is 4.90. The smallest absolute Gasteiger partial charge is 0.227 e. The summed E-state index contributed by atoms with van der Waals surface area (Å²) in [7, 11) is 0. The van der Waals surface area contributed by atoms with Gasteiger partial charge < -0.3 is 14.6 Å². The Morgan fingerprint density at radius 2 is 2.00 bits per heavy atom. The second-order valence-electron chi connectivity index (χ2n) is 6.39. The molecule has 0 saturated carbocycles. The van der Waals surface area contributed by atoms with Gasteiger partial charge in [-0.2, -0.15) is 0 Å². The monoisotopic (exact) mass is 298 g/mol. The molecule has 1 amide bonds. The molecule has 0 spiro atoms. The Morgan fingerprint density at radius 1 is 1.14 bits per heavy atom. The minimum atomic E-state index is 0.215. The average Bonchev–Trinajstić information content (AvgIpc) is 3.02. The molecule has 1 fully saturated rings. The number of nitrogens with zero attached hydrogens (tertiary/aromatic N) is 1. The van der Waals surface area contributed by atoms with Crippen LogP contribution in [-0.4, -0.2) is 37.0 Å². The topological polar surface area (TPSA) is 45.5 Å². The van der Waals surface area contributed by atoms with Crippen molar-refractivity contribution in [2.75, 3.05) is 26.2 Å². The molecule has 4 rings (SSSR count). The molecule has 1 aromatic heterocycles. The van der Waals surface area contributed by atoms with Gasteiger partial charge in [-0.05, 0) is 55.5 Å². The first kappa shape index (κ1) is 13.8. The molecule has 4 heteroatoms. The van der Waals surface area contributed by atoms with E-state index < -0.39 is 0 Å². The van der Waals surface area contributed by atoms with Crippen molar-refractivity contribution in [3.63, 3.8) is 0 Å². The van der Waals surface area contributed by atoms with Gasteiger partial charge in [0.1, 0.15) is 5.58 Å². The second kappa shape index (κ2) is 5.76. The lowest BCUT2D eigenvalue weighted by Crippen LogP contribution is -2.35. The number of carbonyl (C=O) groups excluding carboxylic acids is 1. The molecular weight excluding hydrogens is 276 g/mol. The van der Waals surface area contributed by atoms with E-state index in [1.165, 1.54) is 17.5 Å². The van der Waals surface area contributed by atoms with Crippen molar-refractivity contribution >= 4 is 16.9 Å². The number of amides is 1. The van der Waals surface area contributed by atoms with Crippen LogP contribution < -0.4 is 5.32 Å². The number of aryl methyl sites for hydroxylation is 2. The molecule has 116 valence electrons. The summed E-state index contributed by atoms with van der Waals surface area (Å²) in [6, 6.07) is 4.41. The second-order valence-corrected chi connectivity index (χ2v) is 6.39. The number of benzene rings is 1. The van der Waals surface area contributed by atoms with Crippen LogP contribution in [0, 0.1) is 0 Å². The Hall–Kier alpha value is -1.81. The summed E-state index contributed by atoms with van der Waals surface area (Å²) in [5, 5.41) is 4.46. The summed E-state index contributed by atoms with van der Waals surface area (Å²) < 4.78 is 5.70. The van der Waals surface area contributed by atoms with E-state index in [0.29, 0.717) is 6.42 Å². The van der Waals surface area contributed by atoms with E-state index in [1.54, 1.807) is 6.26 Å². The molecule has 0 atom stereocenters. The van der Waals surface area contributed by atoms with Crippen LogP contribution in [0.1, 0.15) is 29.5 Å². The Bertz CT molecular complexity index is 696. The van der Waals surface area contributed by atoms with Crippen LogP contribution in [0.3, 0.4) is 0 Å². The average molecular weight is 298 g/mol. The minimum Gasteiger partial charge on any atom is -0.464 e. The van der Waals surface area contributed by atoms with E-state index in [1.807, 2.05) is 4.90 Å². The first-order chi connectivity index (χ1) is 10.8. The molecule has 1 N–H and O–H groups in total. The van der Waals surface area contributed by atoms with Gasteiger partial charge in [0.05, 0.1) is 12.7 Å². The van der Waals surface area contributed by atoms with Gasteiger partial charge in [-0.25, -0.2) is 0 Å². The molecule has 1 saturated heterocycles. The van der Waals surface area contributed by atoms with Crippen LogP contribution in [-0.2, 0) is 24.1 Å². The number of hydrogen-bond donors (Lipinski definition) is 1. The van der Waals surface area contributed by atoms with Crippen molar-refractivity contribution in [2.45, 2.75) is 32.1 Å². The number of fused-ring (bicyclic) bond motifs is 2. The molecule has 1 aromatic carbocycles. The summed E-state index contributed by atoms with van der Waals surface area (Å²) in [4.78, 5) is 14.5. The van der Waals surface area contributed by atoms with Gasteiger partial charge in [0.25, 0.3) is 0 Å². The van der Waals surface area contributed by atoms with Crippen LogP contribution >= 0.6 is 0 Å². The van der Waals surface area contributed by atoms with Crippen molar-refractivity contribution in [3.8, 4) is 0 Å². The molecule has 4 nitrogen and oxygen atoms in total. The minimum absolute atomic E-state index is 0.215. The predicted molar refractivity (Wildman–Crippen MR) is 86.0 cm³/mol. The van der Waals surface area contributed by atoms with E-state index in [-0.39, 0.29) is 5.91 Å². The van der Waals surface area contributed by atoms with Crippen molar-refractivity contribution in [3.05, 3.63) is 35.1 Å². The summed E-state index contributed by atoms with van der Waals surface area (Å²) in [5.41, 5.74) is 4.81. The van der Waals surface area contributed by atoms with Crippen LogP contribution in [0.4, 0.5) is 0 Å². The molecule has 2 aliphatic rings. The van der Waals surface area contributed by atoms with E-state index in [0.717, 1.165) is 62.0 Å². The van der Waals surface area contributed by atoms with E-state index in [9.17, 15) is 4.79 Å². The fourth-order valence-corrected chi connectivity index (χ4v) is 3.65. The summed E-state index contributed by atoms with van der Waals surface area (Å²) in [6.07, 6.45) is 6.80. The first-order valence-electron chi connectivity index (χ1n) is 8.31. The maximum atomic E-state index is 12.6. The highest BCUT2D eigenvalue weighted by molar-refractivity contribution is 5.88. The molecule has 0 radical (unpaired) electrons. The highest BCUT2D eigenvalue weighted by Crippen LogP contribution is 2.30. The quantitative estimate of drug-likeness (QED) is 0.925. The van der Waals surface area contributed by atoms with Gasteiger partial charge in [0.15, 0.2) is 0 Å². The highest BCUT2D eigenvalue weighted by Gasteiger charge is 2.20. The van der Waals surface area contributed by atoms with Crippen molar-refractivity contribution in [1.29, 1.82) is 0 Å². The van der Waals surface area contributed by atoms with Gasteiger partial charge in [0, 0.05) is 30.6 Å². The fraction of sp³-hybridized carbons (Fsp3) is 0.500. The lowest BCUT2D eigenvalue weighted by molar-refractivity contribution is -0.130. The molecule has 22 heavy (non-hydrogen) atoms. The molecule has 1 aliphatic carbocycles. The molecule has 2 aromatic rings.